The molecule has 0 radical (unpaired) electrons. The largest absolute Gasteiger partial charge is 0.480 e. The molecule has 3 aliphatic heterocycles. The number of carbonyl (C=O) groups excluding carboxylic acids is 1. The van der Waals surface area contributed by atoms with Crippen LogP contribution in [0.3, 0.4) is 0 Å². The second-order valence-electron chi connectivity index (χ2n) is 10.1. The number of methoxy groups -OCH3 is 1. The predicted molar refractivity (Wildman–Crippen MR) is 134 cm³/mol. The zero-order chi connectivity index (χ0) is 27.3. The average molecular weight is 561 g/mol. The highest BCUT2D eigenvalue weighted by atomic mass is 32.1. The molecule has 3 unspecified atom stereocenters. The maximum absolute atomic E-state index is 14.3. The van der Waals surface area contributed by atoms with E-state index in [-0.39, 0.29) is 35.8 Å². The number of hydrogen-bond acceptors (Lipinski definition) is 10. The van der Waals surface area contributed by atoms with Crippen molar-refractivity contribution in [3.05, 3.63) is 63.3 Å². The first-order valence-corrected chi connectivity index (χ1v) is 13.4. The van der Waals surface area contributed by atoms with Crippen LogP contribution in [0.5, 0.6) is 0 Å². The van der Waals surface area contributed by atoms with Crippen molar-refractivity contribution in [1.29, 1.82) is 0 Å². The number of thiazole rings is 1. The van der Waals surface area contributed by atoms with E-state index < -0.39 is 29.6 Å². The summed E-state index contributed by atoms with van der Waals surface area (Å²) < 4.78 is 44.7. The number of likely N-dealkylation sites (tertiary alicyclic amines) is 1. The van der Waals surface area contributed by atoms with Gasteiger partial charge in [-0.1, -0.05) is 6.07 Å². The number of carbonyl (C=O) groups is 2. The van der Waals surface area contributed by atoms with E-state index in [9.17, 15) is 18.4 Å². The number of esters is 1. The summed E-state index contributed by atoms with van der Waals surface area (Å²) in [5.41, 5.74) is 0.867. The first-order chi connectivity index (χ1) is 18.8. The number of carboxylic acid groups (broad SMARTS) is 1. The number of carboxylic acids is 1. The zero-order valence-corrected chi connectivity index (χ0v) is 21.7. The van der Waals surface area contributed by atoms with Gasteiger partial charge >= 0.3 is 11.9 Å². The van der Waals surface area contributed by atoms with Gasteiger partial charge in [-0.05, 0) is 30.5 Å². The number of nitrogens with zero attached hydrogens (tertiary/aromatic N) is 3. The molecule has 10 nitrogen and oxygen atoms in total. The fourth-order valence-electron chi connectivity index (χ4n) is 6.45. The number of benzene rings is 1. The Bertz CT molecular complexity index is 1370. The molecular formula is C26H26F2N4O6S. The van der Waals surface area contributed by atoms with E-state index in [0.717, 1.165) is 12.1 Å². The zero-order valence-electron chi connectivity index (χ0n) is 20.9. The van der Waals surface area contributed by atoms with Crippen LogP contribution in [0.4, 0.5) is 8.78 Å². The summed E-state index contributed by atoms with van der Waals surface area (Å²) in [6.07, 6.45) is 2.75. The van der Waals surface area contributed by atoms with Crippen molar-refractivity contribution in [2.75, 3.05) is 33.5 Å². The van der Waals surface area contributed by atoms with Gasteiger partial charge in [-0.2, -0.15) is 0 Å². The normalized spacial score (nSPS) is 29.8. The van der Waals surface area contributed by atoms with Gasteiger partial charge in [0.15, 0.2) is 22.5 Å². The lowest BCUT2D eigenvalue weighted by atomic mass is 9.68. The van der Waals surface area contributed by atoms with Gasteiger partial charge < -0.3 is 24.6 Å². The molecule has 13 heteroatoms. The lowest BCUT2D eigenvalue weighted by Gasteiger charge is -2.57. The van der Waals surface area contributed by atoms with Crippen molar-refractivity contribution < 1.29 is 37.7 Å². The molecule has 2 saturated heterocycles. The van der Waals surface area contributed by atoms with E-state index >= 15 is 0 Å². The Morgan fingerprint density at radius 3 is 2.87 bits per heavy atom. The summed E-state index contributed by atoms with van der Waals surface area (Å²) in [6.45, 7) is 1.01. The van der Waals surface area contributed by atoms with Crippen LogP contribution in [-0.2, 0) is 23.8 Å². The van der Waals surface area contributed by atoms with Crippen molar-refractivity contribution in [2.45, 2.75) is 37.1 Å². The topological polar surface area (TPSA) is 123 Å². The molecule has 2 N–H and O–H groups in total. The van der Waals surface area contributed by atoms with E-state index in [4.69, 9.17) is 19.3 Å². The molecule has 1 aliphatic carbocycles. The molecule has 206 valence electrons. The van der Waals surface area contributed by atoms with E-state index in [1.165, 1.54) is 24.5 Å². The van der Waals surface area contributed by atoms with Gasteiger partial charge in [0.2, 0.25) is 0 Å². The molecule has 3 fully saturated rings. The first kappa shape index (κ1) is 26.0. The Kier molecular flexibility index (Phi) is 6.69. The molecule has 1 aromatic carbocycles. The number of aliphatic carboxylic acids is 1. The molecule has 5 atom stereocenters. The van der Waals surface area contributed by atoms with E-state index in [2.05, 4.69) is 20.2 Å². The minimum Gasteiger partial charge on any atom is -0.480 e. The SMILES string of the molecule is COC(=O)C1=C(CN2C3COCC34CC(OCC(=O)O)C[C@@H]24)NC(c2nccs2)=N[C@H]1c1ccc(F)c(F)c1. The van der Waals surface area contributed by atoms with Gasteiger partial charge in [-0.25, -0.2) is 23.4 Å². The predicted octanol–water partition coefficient (Wildman–Crippen LogP) is 2.27. The number of aromatic nitrogens is 1. The standard InChI is InChI=1S/C26H26F2N4O6S/c1-36-25(35)21-17(9-32-18-7-14(38-11-20(33)34)8-26(18)12-37-10-19(26)32)30-23(24-29-4-5-39-24)31-22(21)13-2-3-15(27)16(28)6-13/h2-6,14,18-19,22H,7-12H2,1H3,(H,30,31)(H,33,34)/t14?,18-,19?,22+,26?/m1/s1. The third kappa shape index (κ3) is 4.42. The lowest BCUT2D eigenvalue weighted by molar-refractivity contribution is -0.144. The first-order valence-electron chi connectivity index (χ1n) is 12.5. The van der Waals surface area contributed by atoms with Gasteiger partial charge in [-0.15, -0.1) is 11.3 Å². The highest BCUT2D eigenvalue weighted by molar-refractivity contribution is 7.11. The highest BCUT2D eigenvalue weighted by Gasteiger charge is 2.67. The molecule has 39 heavy (non-hydrogen) atoms. The van der Waals surface area contributed by atoms with Crippen molar-refractivity contribution in [1.82, 2.24) is 15.2 Å². The summed E-state index contributed by atoms with van der Waals surface area (Å²) in [6, 6.07) is 2.60. The van der Waals surface area contributed by atoms with Crippen LogP contribution in [0.15, 0.2) is 46.0 Å². The number of aliphatic imine (C=N–C) groups is 1. The Balaban J connectivity index is 1.36. The van der Waals surface area contributed by atoms with Crippen LogP contribution < -0.4 is 5.32 Å². The van der Waals surface area contributed by atoms with Crippen molar-refractivity contribution in [3.8, 4) is 0 Å². The van der Waals surface area contributed by atoms with Crippen molar-refractivity contribution >= 4 is 29.1 Å². The Morgan fingerprint density at radius 2 is 2.15 bits per heavy atom. The molecule has 1 aromatic heterocycles. The van der Waals surface area contributed by atoms with Gasteiger partial charge in [0.05, 0.1) is 32.0 Å². The molecule has 0 bridgehead atoms. The third-order valence-electron chi connectivity index (χ3n) is 8.08. The summed E-state index contributed by atoms with van der Waals surface area (Å²) in [7, 11) is 1.26. The van der Waals surface area contributed by atoms with Crippen LogP contribution in [0.2, 0.25) is 0 Å². The molecular weight excluding hydrogens is 534 g/mol. The summed E-state index contributed by atoms with van der Waals surface area (Å²) in [5, 5.41) is 14.7. The maximum atomic E-state index is 14.3. The molecule has 0 amide bonds. The number of halogens is 2. The number of rotatable bonds is 8. The fourth-order valence-corrected chi connectivity index (χ4v) is 7.04. The van der Waals surface area contributed by atoms with Gasteiger partial charge in [0.25, 0.3) is 0 Å². The summed E-state index contributed by atoms with van der Waals surface area (Å²) in [4.78, 5) is 35.5. The number of ether oxygens (including phenoxy) is 3. The van der Waals surface area contributed by atoms with Crippen LogP contribution >= 0.6 is 11.3 Å². The van der Waals surface area contributed by atoms with Crippen LogP contribution in [0, 0.1) is 17.0 Å². The third-order valence-corrected chi connectivity index (χ3v) is 8.86. The average Bonchev–Trinajstić information content (AvgIpc) is 3.66. The van der Waals surface area contributed by atoms with Gasteiger partial charge in [0, 0.05) is 41.3 Å². The van der Waals surface area contributed by atoms with Crippen molar-refractivity contribution in [2.24, 2.45) is 10.4 Å². The quantitative estimate of drug-likeness (QED) is 0.468. The maximum Gasteiger partial charge on any atom is 0.338 e. The molecule has 2 aromatic rings. The molecule has 6 rings (SSSR count). The van der Waals surface area contributed by atoms with E-state index in [1.807, 2.05) is 0 Å². The second kappa shape index (κ2) is 10.0. The van der Waals surface area contributed by atoms with Crippen LogP contribution in [-0.4, -0.2) is 84.4 Å². The Labute approximate surface area is 226 Å². The summed E-state index contributed by atoms with van der Waals surface area (Å²) >= 11 is 1.35. The molecule has 4 aliphatic rings. The fraction of sp³-hybridized carbons (Fsp3) is 0.462. The number of nitrogens with one attached hydrogen (secondary N) is 1. The van der Waals surface area contributed by atoms with E-state index in [1.54, 1.807) is 11.6 Å². The monoisotopic (exact) mass is 560 g/mol. The number of hydrogen-bond donors (Lipinski definition) is 2. The minimum atomic E-state index is -1.04. The summed E-state index contributed by atoms with van der Waals surface area (Å²) in [5.74, 6) is -3.29. The van der Waals surface area contributed by atoms with Crippen molar-refractivity contribution in [3.63, 3.8) is 0 Å². The highest BCUT2D eigenvalue weighted by Crippen LogP contribution is 2.58. The minimum absolute atomic E-state index is 0.0537. The Morgan fingerprint density at radius 1 is 1.31 bits per heavy atom. The van der Waals surface area contributed by atoms with Gasteiger partial charge in [0.1, 0.15) is 12.6 Å². The van der Waals surface area contributed by atoms with Gasteiger partial charge in [-0.3, -0.25) is 9.89 Å². The smallest absolute Gasteiger partial charge is 0.338 e. The lowest BCUT2D eigenvalue weighted by Crippen LogP contribution is -2.69. The van der Waals surface area contributed by atoms with E-state index in [0.29, 0.717) is 54.7 Å². The molecule has 1 spiro atoms. The molecule has 4 heterocycles. The number of amidine groups is 1. The van der Waals surface area contributed by atoms with Crippen LogP contribution in [0.1, 0.15) is 29.5 Å². The van der Waals surface area contributed by atoms with Crippen LogP contribution in [0.25, 0.3) is 0 Å². The second-order valence-corrected chi connectivity index (χ2v) is 11.0. The Hall–Kier alpha value is -3.26. The molecule has 1 saturated carbocycles.